The highest BCUT2D eigenvalue weighted by molar-refractivity contribution is 5.93. The number of nitriles is 1. The molecule has 1 aromatic carbocycles. The second-order valence-electron chi connectivity index (χ2n) is 4.35. The zero-order valence-electron chi connectivity index (χ0n) is 11.6. The Bertz CT molecular complexity index is 470. The van der Waals surface area contributed by atoms with Crippen LogP contribution in [0, 0.1) is 11.3 Å². The molecule has 20 heavy (non-hydrogen) atoms. The van der Waals surface area contributed by atoms with Crippen molar-refractivity contribution in [3.8, 4) is 6.07 Å². The third-order valence-corrected chi connectivity index (χ3v) is 2.88. The summed E-state index contributed by atoms with van der Waals surface area (Å²) in [6, 6.07) is 9.41. The van der Waals surface area contributed by atoms with Gasteiger partial charge in [-0.1, -0.05) is 12.1 Å². The Morgan fingerprint density at radius 3 is 2.95 bits per heavy atom. The molecular formula is C14H20N4O2. The highest BCUT2D eigenvalue weighted by Crippen LogP contribution is 2.09. The fraction of sp³-hybridized carbons (Fsp3) is 0.429. The van der Waals surface area contributed by atoms with Crippen molar-refractivity contribution in [2.75, 3.05) is 26.8 Å². The number of hydrazine groups is 1. The summed E-state index contributed by atoms with van der Waals surface area (Å²) in [7, 11) is 1.65. The van der Waals surface area contributed by atoms with Crippen LogP contribution in [0.2, 0.25) is 0 Å². The monoisotopic (exact) mass is 276 g/mol. The van der Waals surface area contributed by atoms with Crippen LogP contribution in [0.25, 0.3) is 0 Å². The van der Waals surface area contributed by atoms with Crippen molar-refractivity contribution in [1.29, 1.82) is 5.26 Å². The summed E-state index contributed by atoms with van der Waals surface area (Å²) < 4.78 is 5.06. The van der Waals surface area contributed by atoms with Crippen LogP contribution in [-0.4, -0.2) is 37.6 Å². The van der Waals surface area contributed by atoms with Gasteiger partial charge >= 0.3 is 0 Å². The van der Waals surface area contributed by atoms with Crippen molar-refractivity contribution in [3.63, 3.8) is 0 Å². The quantitative estimate of drug-likeness (QED) is 0.413. The molecule has 1 rings (SSSR count). The average molecular weight is 276 g/mol. The van der Waals surface area contributed by atoms with Crippen LogP contribution < -0.4 is 11.3 Å². The van der Waals surface area contributed by atoms with Gasteiger partial charge in [-0.05, 0) is 17.7 Å². The first-order valence-corrected chi connectivity index (χ1v) is 6.39. The fourth-order valence-electron chi connectivity index (χ4n) is 1.85. The van der Waals surface area contributed by atoms with Gasteiger partial charge in [0.15, 0.2) is 0 Å². The van der Waals surface area contributed by atoms with E-state index in [1.54, 1.807) is 19.2 Å². The van der Waals surface area contributed by atoms with Gasteiger partial charge < -0.3 is 4.74 Å². The molecule has 108 valence electrons. The lowest BCUT2D eigenvalue weighted by atomic mass is 10.1. The minimum Gasteiger partial charge on any atom is -0.383 e. The van der Waals surface area contributed by atoms with Gasteiger partial charge in [-0.25, -0.2) is 5.84 Å². The standard InChI is InChI=1S/C14H20N4O2/c1-20-9-8-18(7-3-6-15)11-12-4-2-5-13(10-12)14(19)17-16/h2,4-5,10H,3,7-9,11,16H2,1H3,(H,17,19). The van der Waals surface area contributed by atoms with Crippen LogP contribution in [0.1, 0.15) is 22.3 Å². The Labute approximate surface area is 119 Å². The molecule has 0 unspecified atom stereocenters. The Hall–Kier alpha value is -1.94. The first kappa shape index (κ1) is 16.1. The van der Waals surface area contributed by atoms with Crippen molar-refractivity contribution >= 4 is 5.91 Å². The molecule has 0 aliphatic carbocycles. The van der Waals surface area contributed by atoms with Crippen molar-refractivity contribution < 1.29 is 9.53 Å². The summed E-state index contributed by atoms with van der Waals surface area (Å²) in [6.45, 7) is 2.68. The molecule has 0 radical (unpaired) electrons. The summed E-state index contributed by atoms with van der Waals surface area (Å²) in [4.78, 5) is 13.6. The number of rotatable bonds is 8. The van der Waals surface area contributed by atoms with Gasteiger partial charge in [0.05, 0.1) is 12.7 Å². The zero-order valence-corrected chi connectivity index (χ0v) is 11.6. The van der Waals surface area contributed by atoms with Gasteiger partial charge in [0.1, 0.15) is 0 Å². The molecule has 0 aliphatic heterocycles. The highest BCUT2D eigenvalue weighted by Gasteiger charge is 2.08. The predicted octanol–water partition coefficient (Wildman–Crippen LogP) is 0.652. The second-order valence-corrected chi connectivity index (χ2v) is 4.35. The van der Waals surface area contributed by atoms with Crippen LogP contribution in [0.5, 0.6) is 0 Å². The maximum Gasteiger partial charge on any atom is 0.265 e. The van der Waals surface area contributed by atoms with Crippen molar-refractivity contribution in [2.45, 2.75) is 13.0 Å². The average Bonchev–Trinajstić information content (AvgIpc) is 2.49. The summed E-state index contributed by atoms with van der Waals surface area (Å²) >= 11 is 0. The smallest absolute Gasteiger partial charge is 0.265 e. The molecule has 0 bridgehead atoms. The Morgan fingerprint density at radius 1 is 1.50 bits per heavy atom. The van der Waals surface area contributed by atoms with Gasteiger partial charge in [0, 0.05) is 38.7 Å². The van der Waals surface area contributed by atoms with Crippen LogP contribution >= 0.6 is 0 Å². The summed E-state index contributed by atoms with van der Waals surface area (Å²) in [5.41, 5.74) is 3.64. The minimum absolute atomic E-state index is 0.313. The normalized spacial score (nSPS) is 10.3. The van der Waals surface area contributed by atoms with Crippen molar-refractivity contribution in [1.82, 2.24) is 10.3 Å². The molecule has 0 aliphatic rings. The lowest BCUT2D eigenvalue weighted by Crippen LogP contribution is -2.30. The molecule has 0 fully saturated rings. The number of carbonyl (C=O) groups is 1. The number of nitrogens with two attached hydrogens (primary N) is 1. The lowest BCUT2D eigenvalue weighted by molar-refractivity contribution is 0.0953. The Kier molecular flexibility index (Phi) is 7.29. The summed E-state index contributed by atoms with van der Waals surface area (Å²) in [6.07, 6.45) is 0.465. The Morgan fingerprint density at radius 2 is 2.30 bits per heavy atom. The number of ether oxygens (including phenoxy) is 1. The SMILES string of the molecule is COCCN(CCC#N)Cc1cccc(C(=O)NN)c1. The molecule has 6 nitrogen and oxygen atoms in total. The number of hydrogen-bond donors (Lipinski definition) is 2. The number of hydrogen-bond acceptors (Lipinski definition) is 5. The predicted molar refractivity (Wildman–Crippen MR) is 75.5 cm³/mol. The van der Waals surface area contributed by atoms with Gasteiger partial charge in [0.25, 0.3) is 5.91 Å². The van der Waals surface area contributed by atoms with E-state index in [4.69, 9.17) is 15.8 Å². The van der Waals surface area contributed by atoms with E-state index in [0.717, 1.165) is 12.1 Å². The maximum atomic E-state index is 11.5. The number of nitrogen functional groups attached to an aromatic ring is 1. The zero-order chi connectivity index (χ0) is 14.8. The van der Waals surface area contributed by atoms with E-state index in [0.29, 0.717) is 31.7 Å². The number of amides is 1. The van der Waals surface area contributed by atoms with E-state index in [2.05, 4.69) is 16.4 Å². The van der Waals surface area contributed by atoms with Crippen LogP contribution in [-0.2, 0) is 11.3 Å². The first-order valence-electron chi connectivity index (χ1n) is 6.39. The molecule has 0 atom stereocenters. The van der Waals surface area contributed by atoms with Crippen LogP contribution in [0.15, 0.2) is 24.3 Å². The van der Waals surface area contributed by atoms with Gasteiger partial charge in [-0.2, -0.15) is 5.26 Å². The second kappa shape index (κ2) is 9.04. The molecule has 3 N–H and O–H groups in total. The number of nitrogens with zero attached hydrogens (tertiary/aromatic N) is 2. The Balaban J connectivity index is 2.71. The molecule has 0 saturated carbocycles. The summed E-state index contributed by atoms with van der Waals surface area (Å²) in [5, 5.41) is 8.68. The molecule has 1 amide bonds. The van der Waals surface area contributed by atoms with E-state index in [-0.39, 0.29) is 5.91 Å². The minimum atomic E-state index is -0.313. The van der Waals surface area contributed by atoms with Crippen molar-refractivity contribution in [3.05, 3.63) is 35.4 Å². The number of carbonyl (C=O) groups excluding carboxylic acids is 1. The number of nitrogens with one attached hydrogen (secondary N) is 1. The highest BCUT2D eigenvalue weighted by atomic mass is 16.5. The first-order chi connectivity index (χ1) is 9.71. The fourth-order valence-corrected chi connectivity index (χ4v) is 1.85. The van der Waals surface area contributed by atoms with Gasteiger partial charge in [-0.15, -0.1) is 0 Å². The third-order valence-electron chi connectivity index (χ3n) is 2.88. The largest absolute Gasteiger partial charge is 0.383 e. The molecule has 0 aromatic heterocycles. The third kappa shape index (κ3) is 5.36. The van der Waals surface area contributed by atoms with Crippen molar-refractivity contribution in [2.24, 2.45) is 5.84 Å². The molecule has 0 spiro atoms. The van der Waals surface area contributed by atoms with Crippen LogP contribution in [0.4, 0.5) is 0 Å². The topological polar surface area (TPSA) is 91.4 Å². The van der Waals surface area contributed by atoms with Crippen LogP contribution in [0.3, 0.4) is 0 Å². The maximum absolute atomic E-state index is 11.5. The van der Waals surface area contributed by atoms with E-state index < -0.39 is 0 Å². The van der Waals surface area contributed by atoms with Gasteiger partial charge in [-0.3, -0.25) is 15.1 Å². The summed E-state index contributed by atoms with van der Waals surface area (Å²) in [5.74, 6) is 4.81. The van der Waals surface area contributed by atoms with E-state index in [1.165, 1.54) is 0 Å². The van der Waals surface area contributed by atoms with E-state index in [9.17, 15) is 4.79 Å². The number of benzene rings is 1. The van der Waals surface area contributed by atoms with E-state index in [1.807, 2.05) is 12.1 Å². The molecule has 1 aromatic rings. The molecular weight excluding hydrogens is 256 g/mol. The number of methoxy groups -OCH3 is 1. The lowest BCUT2D eigenvalue weighted by Gasteiger charge is -2.21. The van der Waals surface area contributed by atoms with E-state index >= 15 is 0 Å². The molecule has 0 saturated heterocycles. The van der Waals surface area contributed by atoms with Gasteiger partial charge in [0.2, 0.25) is 0 Å². The molecule has 6 heteroatoms. The molecule has 0 heterocycles.